The lowest BCUT2D eigenvalue weighted by molar-refractivity contribution is 1.08. The van der Waals surface area contributed by atoms with Gasteiger partial charge in [0.15, 0.2) is 0 Å². The van der Waals surface area contributed by atoms with Crippen LogP contribution in [0.4, 0.5) is 0 Å². The second-order valence-electron chi connectivity index (χ2n) is 16.0. The molecule has 2 heterocycles. The van der Waals surface area contributed by atoms with Crippen molar-refractivity contribution in [2.24, 2.45) is 0 Å². The maximum Gasteiger partial charge on any atom is 0.117 e. The summed E-state index contributed by atoms with van der Waals surface area (Å²) in [5, 5.41) is 0.868. The molecular weight excluding hydrogens is 768 g/mol. The molecule has 8 aromatic rings. The Morgan fingerprint density at radius 2 is 0.712 bits per heavy atom. The van der Waals surface area contributed by atoms with Crippen LogP contribution in [0.25, 0.3) is 72.2 Å². The van der Waals surface area contributed by atoms with Crippen LogP contribution in [0.15, 0.2) is 12.0 Å². The van der Waals surface area contributed by atoms with Crippen molar-refractivity contribution < 1.29 is 0 Å². The van der Waals surface area contributed by atoms with E-state index in [0.29, 0.717) is 16.5 Å². The second-order valence-corrected chi connectivity index (χ2v) is 16.0. The van der Waals surface area contributed by atoms with Crippen molar-refractivity contribution in [2.75, 3.05) is 0 Å². The molecule has 0 fully saturated rings. The Kier molecular flexibility index (Phi) is 12.5. The number of aromatic nitrogens is 2. The van der Waals surface area contributed by atoms with Crippen molar-refractivity contribution in [3.8, 4) is 22.5 Å². The number of fused-ring (bicyclic) bond motifs is 6. The summed E-state index contributed by atoms with van der Waals surface area (Å²) in [5.74, 6) is 0.487. The summed E-state index contributed by atoms with van der Waals surface area (Å²) < 4.78 is 2.96. The number of nitrogens with zero attached hydrogens (tertiary/aromatic N) is 2. The van der Waals surface area contributed by atoms with Gasteiger partial charge in [0, 0.05) is 49.6 Å². The number of rotatable bonds is 6. The highest BCUT2D eigenvalue weighted by molar-refractivity contribution is 6.73. The molecular formula is C40H6B24N2. The fourth-order valence-corrected chi connectivity index (χ4v) is 9.18. The van der Waals surface area contributed by atoms with Gasteiger partial charge in [-0.15, -0.1) is 49.7 Å². The molecule has 6 aromatic carbocycles. The van der Waals surface area contributed by atoms with E-state index < -0.39 is 5.82 Å². The first-order chi connectivity index (χ1) is 30.9. The van der Waals surface area contributed by atoms with Crippen LogP contribution in [0.1, 0.15) is 16.9 Å². The molecule has 1 unspecified atom stereocenters. The van der Waals surface area contributed by atoms with Crippen LogP contribution in [-0.4, -0.2) is 197 Å². The monoisotopic (exact) mass is 778 g/mol. The molecule has 0 aliphatic heterocycles. The first-order valence-electron chi connectivity index (χ1n) is 19.6. The molecule has 48 radical (unpaired) electrons. The van der Waals surface area contributed by atoms with Gasteiger partial charge >= 0.3 is 0 Å². The molecule has 248 valence electrons. The number of hydrogen-bond donors (Lipinski definition) is 0. The summed E-state index contributed by atoms with van der Waals surface area (Å²) in [6.45, 7) is 0. The molecule has 26 heteroatoms. The van der Waals surface area contributed by atoms with Crippen molar-refractivity contribution in [1.29, 1.82) is 0 Å². The van der Waals surface area contributed by atoms with Gasteiger partial charge in [-0.1, -0.05) is 94.8 Å². The minimum absolute atomic E-state index is 0.00126. The fraction of sp³-hybridized carbons (Fsp3) is 0.0500. The number of benzene rings is 6. The van der Waals surface area contributed by atoms with Crippen LogP contribution < -0.4 is 115 Å². The lowest BCUT2D eigenvalue weighted by Gasteiger charge is -2.27. The van der Waals surface area contributed by atoms with Gasteiger partial charge in [0.25, 0.3) is 0 Å². The molecule has 0 amide bonds. The van der Waals surface area contributed by atoms with E-state index in [2.05, 4.69) is 0 Å². The summed E-state index contributed by atoms with van der Waals surface area (Å²) in [6, 6.07) is 1.72. The van der Waals surface area contributed by atoms with E-state index in [1.165, 1.54) is 15.1 Å². The number of hydrogen-bond acceptors (Lipinski definition) is 0. The zero-order valence-corrected chi connectivity index (χ0v) is 35.3. The summed E-state index contributed by atoms with van der Waals surface area (Å²) in [4.78, 5) is 0. The molecule has 8 rings (SSSR count). The molecule has 0 N–H and O–H groups in total. The molecule has 66 heavy (non-hydrogen) atoms. The molecule has 2 nitrogen and oxygen atoms in total. The Morgan fingerprint density at radius 3 is 1.14 bits per heavy atom. The van der Waals surface area contributed by atoms with Gasteiger partial charge in [-0.2, -0.15) is 0 Å². The molecule has 0 spiro atoms. The van der Waals surface area contributed by atoms with E-state index >= 15 is 0 Å². The predicted octanol–water partition coefficient (Wildman–Crippen LogP) is -15.8. The molecule has 2 aromatic heterocycles. The zero-order valence-electron chi connectivity index (χ0n) is 35.3. The van der Waals surface area contributed by atoms with Crippen LogP contribution in [0.5, 0.6) is 0 Å². The average Bonchev–Trinajstić information content (AvgIpc) is 3.82. The van der Waals surface area contributed by atoms with E-state index in [9.17, 15) is 0 Å². The van der Waals surface area contributed by atoms with Crippen molar-refractivity contribution in [1.82, 2.24) is 9.13 Å². The third-order valence-electron chi connectivity index (χ3n) is 12.6. The third-order valence-corrected chi connectivity index (χ3v) is 12.6. The normalized spacial score (nSPS) is 12.4. The molecule has 0 aliphatic carbocycles. The summed E-state index contributed by atoms with van der Waals surface area (Å²) >= 11 is 0. The summed E-state index contributed by atoms with van der Waals surface area (Å²) in [7, 11) is 160. The molecule has 0 aliphatic rings. The Morgan fingerprint density at radius 1 is 0.379 bits per heavy atom. The molecule has 0 bridgehead atoms. The van der Waals surface area contributed by atoms with Crippen LogP contribution in [0, 0.1) is 0 Å². The first kappa shape index (κ1) is 48.7. The highest BCUT2D eigenvalue weighted by atomic mass is 15.0. The maximum absolute atomic E-state index is 7.34. The minimum atomic E-state index is -0.812. The van der Waals surface area contributed by atoms with Crippen molar-refractivity contribution in [3.05, 3.63) is 23.2 Å². The van der Waals surface area contributed by atoms with Gasteiger partial charge in [-0.25, -0.2) is 0 Å². The van der Waals surface area contributed by atoms with Crippen LogP contribution in [0.3, 0.4) is 0 Å². The highest BCUT2D eigenvalue weighted by Gasteiger charge is 2.30. The average molecular weight is 774 g/mol. The highest BCUT2D eigenvalue weighted by Crippen LogP contribution is 2.35. The smallest absolute Gasteiger partial charge is 0.117 e. The lowest BCUT2D eigenvalue weighted by Crippen LogP contribution is -2.56. The molecule has 1 atom stereocenters. The van der Waals surface area contributed by atoms with Gasteiger partial charge in [-0.3, -0.25) is 0 Å². The van der Waals surface area contributed by atoms with Gasteiger partial charge in [0.05, 0.1) is 15.7 Å². The van der Waals surface area contributed by atoms with Crippen LogP contribution in [0.2, 0.25) is 6.32 Å². The lowest BCUT2D eigenvalue weighted by atomic mass is 9.61. The van der Waals surface area contributed by atoms with Crippen molar-refractivity contribution in [3.63, 3.8) is 0 Å². The second kappa shape index (κ2) is 17.0. The SMILES string of the molecule is [B]/C=C/c1cc2c3c([B])c(-c4c([B])c([B])c5c(c4[B])c4c([B])c([B])c([B])c([B])c4n5-c4c([B])c([B])c([B])c([B])c4[B])c([B])c([B])c3n(-c3c([B])c([B])c([B])c([B])c3[B])c2c([B])c1C([B])C[B]. The third kappa shape index (κ3) is 6.43. The Balaban J connectivity index is 1.65. The van der Waals surface area contributed by atoms with Gasteiger partial charge in [-0.05, 0) is 28.1 Å². The van der Waals surface area contributed by atoms with Crippen molar-refractivity contribution in [2.45, 2.75) is 12.1 Å². The summed E-state index contributed by atoms with van der Waals surface area (Å²) in [5.41, 5.74) is -0.266. The van der Waals surface area contributed by atoms with E-state index in [0.717, 1.165) is 0 Å². The Bertz CT molecular complexity index is 3510. The van der Waals surface area contributed by atoms with Gasteiger partial charge < -0.3 is 9.13 Å². The van der Waals surface area contributed by atoms with Crippen molar-refractivity contribution >= 4 is 353 Å². The van der Waals surface area contributed by atoms with E-state index in [1.807, 2.05) is 0 Å². The predicted molar refractivity (Wildman–Crippen MR) is 308 cm³/mol. The maximum atomic E-state index is 7.34. The van der Waals surface area contributed by atoms with Gasteiger partial charge in [0.1, 0.15) is 173 Å². The Hall–Kier alpha value is -3.78. The molecule has 0 saturated heterocycles. The van der Waals surface area contributed by atoms with E-state index in [-0.39, 0.29) is 182 Å². The minimum Gasteiger partial charge on any atom is -0.312 e. The first-order valence-corrected chi connectivity index (χ1v) is 19.6. The fourth-order valence-electron chi connectivity index (χ4n) is 9.18. The largest absolute Gasteiger partial charge is 0.312 e. The quantitative estimate of drug-likeness (QED) is 0.149. The summed E-state index contributed by atoms with van der Waals surface area (Å²) in [6.07, 6.45) is 1.56. The van der Waals surface area contributed by atoms with Crippen LogP contribution >= 0.6 is 0 Å². The molecule has 0 saturated carbocycles. The topological polar surface area (TPSA) is 9.86 Å². The van der Waals surface area contributed by atoms with Crippen LogP contribution in [-0.2, 0) is 0 Å². The standard InChI is InChI=1S/C40H6B24N2/c41-2-1-5-3-6-9-14(44)10(16(46)28(58)36(9)65(35(6)19(49)8(5)7(43)4-42)39-31(61)24(54)21(51)25(55)32(39)62)11-15(45)12-13-18(48)20(50)23(53)30(60)38(13)66(37(12)29(59)17(11)47)40-33(63)26(56)22(52)27(57)34(40)64/h1-3,7H,4H2/b2-1+. The Labute approximate surface area is 417 Å². The van der Waals surface area contributed by atoms with Gasteiger partial charge in [0.2, 0.25) is 0 Å². The van der Waals surface area contributed by atoms with E-state index in [4.69, 9.17) is 188 Å². The van der Waals surface area contributed by atoms with E-state index in [1.54, 1.807) is 12.1 Å². The zero-order chi connectivity index (χ0) is 48.8.